The molecule has 0 aliphatic carbocycles. The Morgan fingerprint density at radius 2 is 2.00 bits per heavy atom. The van der Waals surface area contributed by atoms with Crippen molar-refractivity contribution in [1.82, 2.24) is 4.98 Å². The molecule has 1 aromatic heterocycles. The highest BCUT2D eigenvalue weighted by Gasteiger charge is 2.21. The van der Waals surface area contributed by atoms with E-state index >= 15 is 0 Å². The lowest BCUT2D eigenvalue weighted by atomic mass is 10.3. The lowest BCUT2D eigenvalue weighted by Crippen LogP contribution is -2.15. The molecule has 0 amide bonds. The van der Waals surface area contributed by atoms with Gasteiger partial charge in [-0.1, -0.05) is 0 Å². The Morgan fingerprint density at radius 1 is 1.29 bits per heavy atom. The van der Waals surface area contributed by atoms with Crippen molar-refractivity contribution in [1.29, 1.82) is 0 Å². The molecule has 0 atom stereocenters. The maximum atomic E-state index is 13.7. The minimum atomic E-state index is -4.32. The van der Waals surface area contributed by atoms with Crippen LogP contribution in [0.1, 0.15) is 5.69 Å². The number of primary sulfonamides is 1. The van der Waals surface area contributed by atoms with Crippen LogP contribution < -0.4 is 9.88 Å². The fraction of sp³-hybridized carbons (Fsp3) is 0.0833. The third-order valence-corrected chi connectivity index (χ3v) is 3.82. The molecule has 0 aliphatic heterocycles. The molecule has 0 radical (unpaired) electrons. The van der Waals surface area contributed by atoms with E-state index in [1.165, 1.54) is 6.20 Å². The van der Waals surface area contributed by atoms with Crippen molar-refractivity contribution in [2.75, 3.05) is 0 Å². The van der Waals surface area contributed by atoms with E-state index in [4.69, 9.17) is 9.88 Å². The summed E-state index contributed by atoms with van der Waals surface area (Å²) < 4.78 is 55.4. The van der Waals surface area contributed by atoms with Crippen molar-refractivity contribution in [3.63, 3.8) is 0 Å². The van der Waals surface area contributed by atoms with E-state index in [1.54, 1.807) is 12.1 Å². The van der Waals surface area contributed by atoms with Gasteiger partial charge >= 0.3 is 0 Å². The highest BCUT2D eigenvalue weighted by Crippen LogP contribution is 2.28. The molecule has 2 rings (SSSR count). The number of nitrogens with zero attached hydrogens (tertiary/aromatic N) is 1. The molecular weight excluding hydrogens is 370 g/mol. The minimum Gasteiger partial charge on any atom is -0.483 e. The van der Waals surface area contributed by atoms with Gasteiger partial charge in [-0.25, -0.2) is 22.3 Å². The maximum absolute atomic E-state index is 13.7. The predicted octanol–water partition coefficient (Wildman–Crippen LogP) is 2.35. The van der Waals surface area contributed by atoms with E-state index in [-0.39, 0.29) is 6.61 Å². The van der Waals surface area contributed by atoms with E-state index in [9.17, 15) is 17.2 Å². The SMILES string of the molecule is NS(=O)(=O)c1cc(F)cc(F)c1OCc1ccc(Br)cn1. The summed E-state index contributed by atoms with van der Waals surface area (Å²) in [5.41, 5.74) is 0.433. The fourth-order valence-corrected chi connectivity index (χ4v) is 2.45. The highest BCUT2D eigenvalue weighted by atomic mass is 79.9. The molecule has 9 heteroatoms. The molecule has 0 saturated carbocycles. The number of sulfonamides is 1. The smallest absolute Gasteiger partial charge is 0.241 e. The summed E-state index contributed by atoms with van der Waals surface area (Å²) >= 11 is 3.20. The number of aromatic nitrogens is 1. The fourth-order valence-electron chi connectivity index (χ4n) is 1.53. The molecular formula is C12H9BrF2N2O3S. The molecule has 0 bridgehead atoms. The van der Waals surface area contributed by atoms with Gasteiger partial charge in [0.15, 0.2) is 11.6 Å². The average Bonchev–Trinajstić information content (AvgIpc) is 2.38. The van der Waals surface area contributed by atoms with Crippen molar-refractivity contribution in [2.45, 2.75) is 11.5 Å². The second kappa shape index (κ2) is 6.04. The molecule has 2 N–H and O–H groups in total. The van der Waals surface area contributed by atoms with Gasteiger partial charge in [-0.3, -0.25) is 4.98 Å². The lowest BCUT2D eigenvalue weighted by Gasteiger charge is -2.11. The summed E-state index contributed by atoms with van der Waals surface area (Å²) in [6.07, 6.45) is 1.50. The summed E-state index contributed by atoms with van der Waals surface area (Å²) in [6, 6.07) is 4.40. The molecule has 2 aromatic rings. The van der Waals surface area contributed by atoms with Gasteiger partial charge in [0.2, 0.25) is 10.0 Å². The molecule has 1 aromatic carbocycles. The van der Waals surface area contributed by atoms with Crippen LogP contribution in [0.5, 0.6) is 5.75 Å². The second-order valence-corrected chi connectivity index (χ2v) is 6.46. The summed E-state index contributed by atoms with van der Waals surface area (Å²) in [5.74, 6) is -2.86. The highest BCUT2D eigenvalue weighted by molar-refractivity contribution is 9.10. The number of halogens is 3. The Kier molecular flexibility index (Phi) is 4.55. The summed E-state index contributed by atoms with van der Waals surface area (Å²) in [4.78, 5) is 3.23. The summed E-state index contributed by atoms with van der Waals surface area (Å²) in [5, 5.41) is 4.92. The lowest BCUT2D eigenvalue weighted by molar-refractivity contribution is 0.276. The summed E-state index contributed by atoms with van der Waals surface area (Å²) in [7, 11) is -4.32. The number of hydrogen-bond acceptors (Lipinski definition) is 4. The van der Waals surface area contributed by atoms with Gasteiger partial charge in [-0.05, 0) is 34.1 Å². The number of nitrogens with two attached hydrogens (primary N) is 1. The third kappa shape index (κ3) is 3.96. The van der Waals surface area contributed by atoms with E-state index < -0.39 is 32.3 Å². The Morgan fingerprint density at radius 3 is 2.57 bits per heavy atom. The van der Waals surface area contributed by atoms with Crippen LogP contribution in [0.25, 0.3) is 0 Å². The van der Waals surface area contributed by atoms with Gasteiger partial charge in [0, 0.05) is 16.7 Å². The first-order valence-electron chi connectivity index (χ1n) is 5.52. The van der Waals surface area contributed by atoms with Crippen molar-refractivity contribution in [2.24, 2.45) is 5.14 Å². The number of pyridine rings is 1. The van der Waals surface area contributed by atoms with Crippen LogP contribution in [0.2, 0.25) is 0 Å². The van der Waals surface area contributed by atoms with E-state index in [0.29, 0.717) is 17.8 Å². The maximum Gasteiger partial charge on any atom is 0.241 e. The van der Waals surface area contributed by atoms with Gasteiger partial charge in [-0.15, -0.1) is 0 Å². The molecule has 0 fully saturated rings. The first-order valence-corrected chi connectivity index (χ1v) is 7.86. The van der Waals surface area contributed by atoms with Crippen LogP contribution in [0.3, 0.4) is 0 Å². The minimum absolute atomic E-state index is 0.196. The Bertz CT molecular complexity index is 767. The van der Waals surface area contributed by atoms with Gasteiger partial charge < -0.3 is 4.74 Å². The van der Waals surface area contributed by atoms with Crippen LogP contribution in [0.15, 0.2) is 39.8 Å². The second-order valence-electron chi connectivity index (χ2n) is 4.02. The van der Waals surface area contributed by atoms with Gasteiger partial charge in [0.1, 0.15) is 17.3 Å². The average molecular weight is 379 g/mol. The first kappa shape index (κ1) is 15.8. The van der Waals surface area contributed by atoms with Crippen LogP contribution in [0, 0.1) is 11.6 Å². The van der Waals surface area contributed by atoms with Crippen molar-refractivity contribution < 1.29 is 21.9 Å². The molecule has 21 heavy (non-hydrogen) atoms. The molecule has 0 saturated heterocycles. The number of rotatable bonds is 4. The molecule has 1 heterocycles. The summed E-state index contributed by atoms with van der Waals surface area (Å²) in [6.45, 7) is -0.196. The Balaban J connectivity index is 2.33. The van der Waals surface area contributed by atoms with E-state index in [0.717, 1.165) is 4.47 Å². The third-order valence-electron chi connectivity index (χ3n) is 2.43. The monoisotopic (exact) mass is 378 g/mol. The number of hydrogen-bond donors (Lipinski definition) is 1. The van der Waals surface area contributed by atoms with Crippen LogP contribution in [-0.4, -0.2) is 13.4 Å². The Labute approximate surface area is 127 Å². The predicted molar refractivity (Wildman–Crippen MR) is 74.0 cm³/mol. The zero-order valence-electron chi connectivity index (χ0n) is 10.4. The quantitative estimate of drug-likeness (QED) is 0.884. The van der Waals surface area contributed by atoms with Gasteiger partial charge in [-0.2, -0.15) is 0 Å². The topological polar surface area (TPSA) is 82.3 Å². The zero-order chi connectivity index (χ0) is 15.6. The van der Waals surface area contributed by atoms with Gasteiger partial charge in [0.05, 0.1) is 5.69 Å². The largest absolute Gasteiger partial charge is 0.483 e. The molecule has 5 nitrogen and oxygen atoms in total. The standard InChI is InChI=1S/C12H9BrF2N2O3S/c13-7-1-2-9(17-5-7)6-20-12-10(15)3-8(14)4-11(12)21(16,18)19/h1-5H,6H2,(H2,16,18,19). The van der Waals surface area contributed by atoms with Crippen molar-refractivity contribution >= 4 is 26.0 Å². The van der Waals surface area contributed by atoms with Crippen molar-refractivity contribution in [3.05, 3.63) is 52.3 Å². The van der Waals surface area contributed by atoms with Gasteiger partial charge in [0.25, 0.3) is 0 Å². The number of ether oxygens (including phenoxy) is 1. The van der Waals surface area contributed by atoms with Crippen LogP contribution >= 0.6 is 15.9 Å². The number of benzene rings is 1. The van der Waals surface area contributed by atoms with E-state index in [1.807, 2.05) is 0 Å². The molecule has 0 spiro atoms. The van der Waals surface area contributed by atoms with Crippen LogP contribution in [0.4, 0.5) is 8.78 Å². The molecule has 0 unspecified atom stereocenters. The van der Waals surface area contributed by atoms with Crippen LogP contribution in [-0.2, 0) is 16.6 Å². The first-order chi connectivity index (χ1) is 9.77. The molecule has 0 aliphatic rings. The van der Waals surface area contributed by atoms with E-state index in [2.05, 4.69) is 20.9 Å². The molecule has 112 valence electrons. The normalized spacial score (nSPS) is 11.4. The Hall–Kier alpha value is -1.58. The van der Waals surface area contributed by atoms with Crippen molar-refractivity contribution in [3.8, 4) is 5.75 Å². The zero-order valence-corrected chi connectivity index (χ0v) is 12.8.